The minimum Gasteiger partial charge on any atom is -0.273 e. The van der Waals surface area contributed by atoms with Crippen LogP contribution in [-0.4, -0.2) is 40.2 Å². The molecule has 120 valence electrons. The molecule has 0 unspecified atom stereocenters. The zero-order chi connectivity index (χ0) is 16.8. The number of nitro groups is 1. The Hall–Kier alpha value is -3.10. The quantitative estimate of drug-likeness (QED) is 0.496. The number of hydrogen-bond acceptors (Lipinski definition) is 6. The second kappa shape index (κ2) is 7.25. The van der Waals surface area contributed by atoms with Gasteiger partial charge in [-0.2, -0.15) is 10.2 Å². The Morgan fingerprint density at radius 2 is 2.13 bits per heavy atom. The van der Waals surface area contributed by atoms with Gasteiger partial charge in [0.15, 0.2) is 0 Å². The van der Waals surface area contributed by atoms with Crippen LogP contribution in [0.4, 0.5) is 5.69 Å². The maximum atomic E-state index is 11.7. The van der Waals surface area contributed by atoms with Crippen LogP contribution in [0.25, 0.3) is 0 Å². The van der Waals surface area contributed by atoms with Gasteiger partial charge in [0.05, 0.1) is 11.1 Å². The van der Waals surface area contributed by atoms with E-state index in [0.717, 1.165) is 10.7 Å². The zero-order valence-electron chi connectivity index (χ0n) is 12.4. The maximum absolute atomic E-state index is 11.7. The van der Waals surface area contributed by atoms with E-state index in [1.54, 1.807) is 6.92 Å². The van der Waals surface area contributed by atoms with Gasteiger partial charge in [0, 0.05) is 24.3 Å². The first kappa shape index (κ1) is 16.3. The first-order chi connectivity index (χ1) is 11.0. The van der Waals surface area contributed by atoms with Crippen molar-refractivity contribution in [2.45, 2.75) is 19.8 Å². The van der Waals surface area contributed by atoms with Crippen molar-refractivity contribution >= 4 is 29.4 Å². The summed E-state index contributed by atoms with van der Waals surface area (Å²) in [6.07, 6.45) is 2.30. The topological polar surface area (TPSA) is 117 Å². The Balaban J connectivity index is 1.87. The fourth-order valence-electron chi connectivity index (χ4n) is 1.88. The van der Waals surface area contributed by atoms with E-state index in [-0.39, 0.29) is 18.1 Å². The molecule has 0 saturated heterocycles. The number of amides is 2. The lowest BCUT2D eigenvalue weighted by atomic mass is 10.2. The molecule has 2 rings (SSSR count). The SMILES string of the molecule is CC1=NN(CC(=O)N/N=C/c2ccc([N+](=O)[O-])cc2)C(=O)CC1. The van der Waals surface area contributed by atoms with Gasteiger partial charge in [0.25, 0.3) is 11.6 Å². The fraction of sp³-hybridized carbons (Fsp3) is 0.286. The largest absolute Gasteiger partial charge is 0.273 e. The van der Waals surface area contributed by atoms with Crippen molar-refractivity contribution in [1.82, 2.24) is 10.4 Å². The van der Waals surface area contributed by atoms with Gasteiger partial charge < -0.3 is 0 Å². The second-order valence-electron chi connectivity index (χ2n) is 4.93. The van der Waals surface area contributed by atoms with Crippen molar-refractivity contribution in [3.8, 4) is 0 Å². The summed E-state index contributed by atoms with van der Waals surface area (Å²) in [7, 11) is 0. The Kier molecular flexibility index (Phi) is 5.13. The Labute approximate surface area is 131 Å². The lowest BCUT2D eigenvalue weighted by Crippen LogP contribution is -2.38. The van der Waals surface area contributed by atoms with Gasteiger partial charge >= 0.3 is 0 Å². The third kappa shape index (κ3) is 4.70. The number of carbonyl (C=O) groups is 2. The lowest BCUT2D eigenvalue weighted by molar-refractivity contribution is -0.384. The highest BCUT2D eigenvalue weighted by Crippen LogP contribution is 2.10. The van der Waals surface area contributed by atoms with Crippen LogP contribution in [0, 0.1) is 10.1 Å². The fourth-order valence-corrected chi connectivity index (χ4v) is 1.88. The van der Waals surface area contributed by atoms with Crippen molar-refractivity contribution in [1.29, 1.82) is 0 Å². The van der Waals surface area contributed by atoms with Crippen LogP contribution in [0.2, 0.25) is 0 Å². The molecule has 0 saturated carbocycles. The Bertz CT molecular complexity index is 681. The summed E-state index contributed by atoms with van der Waals surface area (Å²) in [4.78, 5) is 33.4. The van der Waals surface area contributed by atoms with Crippen LogP contribution in [0.3, 0.4) is 0 Å². The molecule has 9 nitrogen and oxygen atoms in total. The van der Waals surface area contributed by atoms with Gasteiger partial charge in [-0.05, 0) is 31.0 Å². The Morgan fingerprint density at radius 1 is 1.43 bits per heavy atom. The molecule has 9 heteroatoms. The minimum absolute atomic E-state index is 0.0250. The summed E-state index contributed by atoms with van der Waals surface area (Å²) in [6, 6.07) is 5.70. The molecule has 1 aromatic carbocycles. The van der Waals surface area contributed by atoms with Crippen LogP contribution >= 0.6 is 0 Å². The number of nitrogens with zero attached hydrogens (tertiary/aromatic N) is 4. The van der Waals surface area contributed by atoms with Crippen LogP contribution in [0.1, 0.15) is 25.3 Å². The summed E-state index contributed by atoms with van der Waals surface area (Å²) in [5, 5.41) is 19.4. The molecule has 1 aromatic rings. The smallest absolute Gasteiger partial charge is 0.269 e. The van der Waals surface area contributed by atoms with E-state index >= 15 is 0 Å². The number of carbonyl (C=O) groups excluding carboxylic acids is 2. The summed E-state index contributed by atoms with van der Waals surface area (Å²) < 4.78 is 0. The number of nitrogens with one attached hydrogen (secondary N) is 1. The van der Waals surface area contributed by atoms with E-state index < -0.39 is 10.8 Å². The lowest BCUT2D eigenvalue weighted by Gasteiger charge is -2.21. The third-order valence-corrected chi connectivity index (χ3v) is 3.08. The van der Waals surface area contributed by atoms with E-state index in [0.29, 0.717) is 18.4 Å². The van der Waals surface area contributed by atoms with E-state index in [2.05, 4.69) is 15.6 Å². The highest BCUT2D eigenvalue weighted by Gasteiger charge is 2.20. The molecule has 0 atom stereocenters. The Morgan fingerprint density at radius 3 is 2.78 bits per heavy atom. The monoisotopic (exact) mass is 317 g/mol. The molecule has 2 amide bonds. The van der Waals surface area contributed by atoms with Crippen molar-refractivity contribution in [3.63, 3.8) is 0 Å². The molecule has 1 aliphatic rings. The zero-order valence-corrected chi connectivity index (χ0v) is 12.4. The molecule has 1 N–H and O–H groups in total. The number of non-ortho nitro benzene ring substituents is 1. The first-order valence-electron chi connectivity index (χ1n) is 6.86. The van der Waals surface area contributed by atoms with Gasteiger partial charge in [-0.15, -0.1) is 0 Å². The van der Waals surface area contributed by atoms with Crippen molar-refractivity contribution < 1.29 is 14.5 Å². The van der Waals surface area contributed by atoms with Crippen molar-refractivity contribution in [2.75, 3.05) is 6.54 Å². The van der Waals surface area contributed by atoms with E-state index in [9.17, 15) is 19.7 Å². The molecular weight excluding hydrogens is 302 g/mol. The van der Waals surface area contributed by atoms with Crippen molar-refractivity contribution in [3.05, 3.63) is 39.9 Å². The number of hydrogen-bond donors (Lipinski definition) is 1. The molecule has 0 aromatic heterocycles. The predicted molar refractivity (Wildman–Crippen MR) is 82.9 cm³/mol. The number of rotatable bonds is 5. The normalized spacial score (nSPS) is 14.7. The van der Waals surface area contributed by atoms with Gasteiger partial charge in [-0.3, -0.25) is 19.7 Å². The molecule has 1 heterocycles. The second-order valence-corrected chi connectivity index (χ2v) is 4.93. The minimum atomic E-state index is -0.499. The molecular formula is C14H15N5O4. The number of nitro benzene ring substituents is 1. The van der Waals surface area contributed by atoms with Crippen molar-refractivity contribution in [2.24, 2.45) is 10.2 Å². The average molecular weight is 317 g/mol. The van der Waals surface area contributed by atoms with E-state index in [1.807, 2.05) is 0 Å². The summed E-state index contributed by atoms with van der Waals surface area (Å²) in [5.41, 5.74) is 3.65. The first-order valence-corrected chi connectivity index (χ1v) is 6.86. The molecule has 0 radical (unpaired) electrons. The highest BCUT2D eigenvalue weighted by molar-refractivity contribution is 5.93. The predicted octanol–water partition coefficient (Wildman–Crippen LogP) is 1.04. The van der Waals surface area contributed by atoms with Crippen LogP contribution in [-0.2, 0) is 9.59 Å². The van der Waals surface area contributed by atoms with E-state index in [1.165, 1.54) is 30.5 Å². The van der Waals surface area contributed by atoms with Gasteiger partial charge in [-0.1, -0.05) is 0 Å². The van der Waals surface area contributed by atoms with Crippen LogP contribution in [0.15, 0.2) is 34.5 Å². The molecule has 0 aliphatic carbocycles. The van der Waals surface area contributed by atoms with Gasteiger partial charge in [0.1, 0.15) is 6.54 Å². The summed E-state index contributed by atoms with van der Waals surface area (Å²) in [5.74, 6) is -0.680. The number of benzene rings is 1. The third-order valence-electron chi connectivity index (χ3n) is 3.08. The molecule has 1 aliphatic heterocycles. The maximum Gasteiger partial charge on any atom is 0.269 e. The standard InChI is InChI=1S/C14H15N5O4/c1-10-2-7-14(21)18(17-10)9-13(20)16-15-8-11-3-5-12(6-4-11)19(22)23/h3-6,8H,2,7,9H2,1H3,(H,16,20)/b15-8+. The highest BCUT2D eigenvalue weighted by atomic mass is 16.6. The summed E-state index contributed by atoms with van der Waals surface area (Å²) in [6.45, 7) is 1.60. The van der Waals surface area contributed by atoms with Crippen LogP contribution in [0.5, 0.6) is 0 Å². The summed E-state index contributed by atoms with van der Waals surface area (Å²) >= 11 is 0. The molecule has 23 heavy (non-hydrogen) atoms. The average Bonchev–Trinajstić information content (AvgIpc) is 2.51. The van der Waals surface area contributed by atoms with Gasteiger partial charge in [-0.25, -0.2) is 10.4 Å². The van der Waals surface area contributed by atoms with Crippen LogP contribution < -0.4 is 5.43 Å². The van der Waals surface area contributed by atoms with Gasteiger partial charge in [0.2, 0.25) is 5.91 Å². The molecule has 0 fully saturated rings. The molecule has 0 bridgehead atoms. The number of hydrazone groups is 2. The molecule has 0 spiro atoms. The van der Waals surface area contributed by atoms with E-state index in [4.69, 9.17) is 0 Å².